The van der Waals surface area contributed by atoms with Gasteiger partial charge in [-0.05, 0) is 61.1 Å². The number of carbonyl (C=O) groups is 1. The number of Topliss-reactive ketones (excluding diaryl/α,β-unsaturated/α-hetero) is 1. The zero-order valence-electron chi connectivity index (χ0n) is 14.8. The van der Waals surface area contributed by atoms with Gasteiger partial charge in [-0.2, -0.15) is 0 Å². The molecule has 1 saturated carbocycles. The van der Waals surface area contributed by atoms with Gasteiger partial charge in [-0.1, -0.05) is 0 Å². The lowest BCUT2D eigenvalue weighted by Gasteiger charge is -2.19. The molecule has 1 unspecified atom stereocenters. The first-order valence-electron chi connectivity index (χ1n) is 9.14. The van der Waals surface area contributed by atoms with Crippen LogP contribution < -0.4 is 4.74 Å². The number of phenols is 1. The van der Waals surface area contributed by atoms with Gasteiger partial charge in [0.25, 0.3) is 0 Å². The van der Waals surface area contributed by atoms with Crippen molar-refractivity contribution in [2.24, 2.45) is 11.8 Å². The van der Waals surface area contributed by atoms with E-state index in [1.54, 1.807) is 12.1 Å². The number of phenolic OH excluding ortho intramolecular Hbond substituents is 1. The molecule has 142 valence electrons. The minimum atomic E-state index is -0.899. The van der Waals surface area contributed by atoms with Crippen LogP contribution in [0.1, 0.15) is 23.2 Å². The van der Waals surface area contributed by atoms with Crippen molar-refractivity contribution < 1.29 is 23.4 Å². The molecule has 4 rings (SSSR count). The number of rotatable bonds is 5. The molecule has 1 aliphatic heterocycles. The van der Waals surface area contributed by atoms with Gasteiger partial charge in [-0.15, -0.1) is 0 Å². The van der Waals surface area contributed by atoms with Crippen LogP contribution in [-0.2, 0) is 0 Å². The van der Waals surface area contributed by atoms with Crippen LogP contribution in [0.3, 0.4) is 0 Å². The summed E-state index contributed by atoms with van der Waals surface area (Å²) in [5.41, 5.74) is 0.601. The number of fused-ring (bicyclic) bond motifs is 1. The molecule has 4 nitrogen and oxygen atoms in total. The summed E-state index contributed by atoms with van der Waals surface area (Å²) in [5, 5.41) is 9.32. The number of benzene rings is 2. The fourth-order valence-electron chi connectivity index (χ4n) is 4.25. The van der Waals surface area contributed by atoms with E-state index in [0.29, 0.717) is 29.7 Å². The summed E-state index contributed by atoms with van der Waals surface area (Å²) in [6.07, 6.45) is 1.71. The molecule has 3 atom stereocenters. The summed E-state index contributed by atoms with van der Waals surface area (Å²) in [6, 6.07) is 9.94. The predicted octanol–water partition coefficient (Wildman–Crippen LogP) is 3.64. The molecule has 2 aromatic rings. The maximum atomic E-state index is 13.3. The van der Waals surface area contributed by atoms with Crippen LogP contribution >= 0.6 is 0 Å². The lowest BCUT2D eigenvalue weighted by molar-refractivity contribution is 0.0936. The Kier molecular flexibility index (Phi) is 4.83. The molecular formula is C21H21F2NO3. The summed E-state index contributed by atoms with van der Waals surface area (Å²) < 4.78 is 32.2. The quantitative estimate of drug-likeness (QED) is 0.813. The highest BCUT2D eigenvalue weighted by Gasteiger charge is 2.42. The van der Waals surface area contributed by atoms with Crippen LogP contribution in [0, 0.1) is 23.5 Å². The molecule has 1 N–H and O–H groups in total. The molecule has 2 aliphatic rings. The van der Waals surface area contributed by atoms with E-state index in [-0.39, 0.29) is 17.6 Å². The molecule has 0 spiro atoms. The van der Waals surface area contributed by atoms with Gasteiger partial charge in [0.2, 0.25) is 0 Å². The minimum absolute atomic E-state index is 0.000175. The Labute approximate surface area is 156 Å². The Hall–Kier alpha value is -2.47. The van der Waals surface area contributed by atoms with E-state index < -0.39 is 11.6 Å². The van der Waals surface area contributed by atoms with E-state index in [4.69, 9.17) is 4.74 Å². The van der Waals surface area contributed by atoms with Gasteiger partial charge < -0.3 is 9.84 Å². The first-order chi connectivity index (χ1) is 13.0. The average molecular weight is 373 g/mol. The van der Waals surface area contributed by atoms with Gasteiger partial charge in [-0.3, -0.25) is 9.69 Å². The number of carbonyl (C=O) groups excluding carboxylic acids is 1. The van der Waals surface area contributed by atoms with E-state index in [9.17, 15) is 18.7 Å². The van der Waals surface area contributed by atoms with Gasteiger partial charge in [0.1, 0.15) is 11.5 Å². The lowest BCUT2D eigenvalue weighted by atomic mass is 10.0. The molecule has 6 heteroatoms. The molecule has 2 aromatic carbocycles. The third kappa shape index (κ3) is 3.95. The van der Waals surface area contributed by atoms with Crippen LogP contribution in [0.5, 0.6) is 11.5 Å². The number of aromatic hydroxyl groups is 1. The third-order valence-electron chi connectivity index (χ3n) is 5.53. The van der Waals surface area contributed by atoms with Crippen molar-refractivity contribution in [1.82, 2.24) is 4.90 Å². The van der Waals surface area contributed by atoms with E-state index in [2.05, 4.69) is 4.90 Å². The van der Waals surface area contributed by atoms with Gasteiger partial charge >= 0.3 is 0 Å². The second-order valence-corrected chi connectivity index (χ2v) is 7.47. The van der Waals surface area contributed by atoms with Crippen molar-refractivity contribution in [3.05, 3.63) is 59.7 Å². The number of likely N-dealkylation sites (tertiary alicyclic amines) is 1. The first-order valence-corrected chi connectivity index (χ1v) is 9.14. The van der Waals surface area contributed by atoms with Crippen LogP contribution in [0.4, 0.5) is 8.78 Å². The standard InChI is InChI=1S/C21H21F2NO3/c22-19-6-5-17(9-20(19)23)27-18-7-14-10-24(11-15(14)8-18)12-21(26)13-1-3-16(25)4-2-13/h1-6,9,14-15,18,25H,7-8,10-12H2/t14-,15+,18?. The SMILES string of the molecule is O=C(CN1C[C@H]2CC(Oc3ccc(F)c(F)c3)C[C@H]2C1)c1ccc(O)cc1. The molecule has 0 bridgehead atoms. The fourth-order valence-corrected chi connectivity index (χ4v) is 4.25. The Balaban J connectivity index is 1.29. The summed E-state index contributed by atoms with van der Waals surface area (Å²) in [4.78, 5) is 14.5. The van der Waals surface area contributed by atoms with Crippen LogP contribution in [0.15, 0.2) is 42.5 Å². The Morgan fingerprint density at radius 2 is 1.70 bits per heavy atom. The molecule has 0 amide bonds. The topological polar surface area (TPSA) is 49.8 Å². The van der Waals surface area contributed by atoms with Crippen molar-refractivity contribution in [3.63, 3.8) is 0 Å². The summed E-state index contributed by atoms with van der Waals surface area (Å²) in [7, 11) is 0. The molecule has 1 aliphatic carbocycles. The Morgan fingerprint density at radius 1 is 1.04 bits per heavy atom. The minimum Gasteiger partial charge on any atom is -0.508 e. The molecule has 1 saturated heterocycles. The van der Waals surface area contributed by atoms with Crippen molar-refractivity contribution >= 4 is 5.78 Å². The zero-order valence-corrected chi connectivity index (χ0v) is 14.8. The Bertz CT molecular complexity index is 826. The van der Waals surface area contributed by atoms with Gasteiger partial charge in [0.05, 0.1) is 12.6 Å². The highest BCUT2D eigenvalue weighted by atomic mass is 19.2. The second-order valence-electron chi connectivity index (χ2n) is 7.47. The third-order valence-corrected chi connectivity index (χ3v) is 5.53. The maximum Gasteiger partial charge on any atom is 0.176 e. The number of hydrogen-bond donors (Lipinski definition) is 1. The number of halogens is 2. The fraction of sp³-hybridized carbons (Fsp3) is 0.381. The number of ketones is 1. The smallest absolute Gasteiger partial charge is 0.176 e. The molecular weight excluding hydrogens is 352 g/mol. The lowest BCUT2D eigenvalue weighted by Crippen LogP contribution is -2.30. The number of nitrogens with zero attached hydrogens (tertiary/aromatic N) is 1. The maximum absolute atomic E-state index is 13.3. The number of ether oxygens (including phenoxy) is 1. The summed E-state index contributed by atoms with van der Waals surface area (Å²) >= 11 is 0. The monoisotopic (exact) mass is 373 g/mol. The van der Waals surface area contributed by atoms with Crippen LogP contribution in [0.2, 0.25) is 0 Å². The van der Waals surface area contributed by atoms with E-state index in [1.807, 2.05) is 0 Å². The average Bonchev–Trinajstić information content (AvgIpc) is 3.16. The summed E-state index contributed by atoms with van der Waals surface area (Å²) in [6.45, 7) is 2.05. The Morgan fingerprint density at radius 3 is 2.33 bits per heavy atom. The van der Waals surface area contributed by atoms with Crippen molar-refractivity contribution in [1.29, 1.82) is 0 Å². The molecule has 0 radical (unpaired) electrons. The van der Waals surface area contributed by atoms with Crippen LogP contribution in [-0.4, -0.2) is 41.5 Å². The summed E-state index contributed by atoms with van der Waals surface area (Å²) in [5.74, 6) is -0.317. The van der Waals surface area contributed by atoms with Crippen molar-refractivity contribution in [3.8, 4) is 11.5 Å². The van der Waals surface area contributed by atoms with E-state index in [1.165, 1.54) is 18.2 Å². The van der Waals surface area contributed by atoms with Gasteiger partial charge in [-0.25, -0.2) is 8.78 Å². The predicted molar refractivity (Wildman–Crippen MR) is 95.9 cm³/mol. The highest BCUT2D eigenvalue weighted by molar-refractivity contribution is 5.97. The van der Waals surface area contributed by atoms with Gasteiger partial charge in [0.15, 0.2) is 17.4 Å². The normalized spacial score (nSPS) is 24.7. The first kappa shape index (κ1) is 17.9. The largest absolute Gasteiger partial charge is 0.508 e. The molecule has 2 fully saturated rings. The van der Waals surface area contributed by atoms with E-state index >= 15 is 0 Å². The van der Waals surface area contributed by atoms with Crippen molar-refractivity contribution in [2.45, 2.75) is 18.9 Å². The van der Waals surface area contributed by atoms with E-state index in [0.717, 1.165) is 38.1 Å². The second kappa shape index (κ2) is 7.27. The molecule has 27 heavy (non-hydrogen) atoms. The van der Waals surface area contributed by atoms with Crippen LogP contribution in [0.25, 0.3) is 0 Å². The van der Waals surface area contributed by atoms with Gasteiger partial charge in [0, 0.05) is 24.7 Å². The number of hydrogen-bond acceptors (Lipinski definition) is 4. The van der Waals surface area contributed by atoms with Crippen molar-refractivity contribution in [2.75, 3.05) is 19.6 Å². The highest BCUT2D eigenvalue weighted by Crippen LogP contribution is 2.39. The molecule has 0 aromatic heterocycles. The molecule has 1 heterocycles. The zero-order chi connectivity index (χ0) is 19.0.